The molecule has 1 fully saturated rings. The van der Waals surface area contributed by atoms with Crippen LogP contribution in [-0.4, -0.2) is 50.1 Å². The maximum Gasteiger partial charge on any atom is 0.122 e. The number of nitrogens with one attached hydrogen (secondary N) is 1. The fraction of sp³-hybridized carbons (Fsp3) is 0.733. The van der Waals surface area contributed by atoms with E-state index in [1.165, 1.54) is 24.8 Å². The van der Waals surface area contributed by atoms with E-state index in [-0.39, 0.29) is 0 Å². The second-order valence-corrected chi connectivity index (χ2v) is 6.04. The Labute approximate surface area is 116 Å². The molecule has 1 aliphatic carbocycles. The predicted molar refractivity (Wildman–Crippen MR) is 78.1 cm³/mol. The minimum Gasteiger partial charge on any atom is -0.468 e. The first-order valence-electron chi connectivity index (χ1n) is 7.13. The molecule has 0 aromatic carbocycles. The topological polar surface area (TPSA) is 31.7 Å². The molecule has 4 heteroatoms. The van der Waals surface area contributed by atoms with Gasteiger partial charge in [-0.1, -0.05) is 0 Å². The van der Waals surface area contributed by atoms with Crippen LogP contribution in [0.1, 0.15) is 30.6 Å². The molecule has 4 nitrogen and oxygen atoms in total. The molecule has 0 atom stereocenters. The summed E-state index contributed by atoms with van der Waals surface area (Å²) >= 11 is 0. The molecule has 108 valence electrons. The van der Waals surface area contributed by atoms with Crippen LogP contribution < -0.4 is 5.32 Å². The van der Waals surface area contributed by atoms with E-state index in [0.717, 1.165) is 25.4 Å². The molecular weight excluding hydrogens is 238 g/mol. The third-order valence-corrected chi connectivity index (χ3v) is 4.41. The zero-order chi connectivity index (χ0) is 13.9. The summed E-state index contributed by atoms with van der Waals surface area (Å²) in [4.78, 5) is 4.82. The molecule has 0 spiro atoms. The zero-order valence-electron chi connectivity index (χ0n) is 12.7. The molecule has 1 saturated carbocycles. The summed E-state index contributed by atoms with van der Waals surface area (Å²) in [5, 5.41) is 3.15. The van der Waals surface area contributed by atoms with Crippen LogP contribution in [0.2, 0.25) is 0 Å². The summed E-state index contributed by atoms with van der Waals surface area (Å²) in [5.74, 6) is 1.06. The van der Waals surface area contributed by atoms with Gasteiger partial charge in [0.2, 0.25) is 0 Å². The third kappa shape index (κ3) is 3.19. The van der Waals surface area contributed by atoms with Crippen molar-refractivity contribution in [1.29, 1.82) is 0 Å². The van der Waals surface area contributed by atoms with Crippen molar-refractivity contribution >= 4 is 0 Å². The molecule has 1 heterocycles. The fourth-order valence-corrected chi connectivity index (χ4v) is 3.00. The third-order valence-electron chi connectivity index (χ3n) is 4.41. The Morgan fingerprint density at radius 1 is 1.32 bits per heavy atom. The Hall–Kier alpha value is -0.840. The van der Waals surface area contributed by atoms with Crippen molar-refractivity contribution in [2.75, 3.05) is 34.7 Å². The lowest BCUT2D eigenvalue weighted by Gasteiger charge is -2.49. The molecule has 0 amide bonds. The van der Waals surface area contributed by atoms with Gasteiger partial charge in [0, 0.05) is 24.2 Å². The Morgan fingerprint density at radius 2 is 2.05 bits per heavy atom. The number of nitrogens with zero attached hydrogens (tertiary/aromatic N) is 2. The van der Waals surface area contributed by atoms with E-state index in [2.05, 4.69) is 42.3 Å². The minimum atomic E-state index is 0.391. The van der Waals surface area contributed by atoms with E-state index < -0.39 is 0 Å². The Balaban J connectivity index is 1.93. The number of hydrogen-bond donors (Lipinski definition) is 1. The molecule has 1 aliphatic rings. The molecule has 2 rings (SSSR count). The maximum absolute atomic E-state index is 5.52. The van der Waals surface area contributed by atoms with Gasteiger partial charge >= 0.3 is 0 Å². The van der Waals surface area contributed by atoms with Crippen LogP contribution in [0.4, 0.5) is 0 Å². The van der Waals surface area contributed by atoms with Crippen LogP contribution in [0, 0.1) is 0 Å². The standard InChI is InChI=1S/C15H27N3O/c1-16-10-14-13(6-9-19-14)11-18(4)12-15(17(2)3)7-5-8-15/h6,9,16H,5,7-8,10-12H2,1-4H3. The molecule has 1 aromatic heterocycles. The van der Waals surface area contributed by atoms with Crippen molar-refractivity contribution in [3.05, 3.63) is 23.7 Å². The monoisotopic (exact) mass is 265 g/mol. The first kappa shape index (κ1) is 14.6. The highest BCUT2D eigenvalue weighted by Crippen LogP contribution is 2.36. The lowest BCUT2D eigenvalue weighted by molar-refractivity contribution is 0.0257. The van der Waals surface area contributed by atoms with Crippen LogP contribution in [0.5, 0.6) is 0 Å². The maximum atomic E-state index is 5.52. The molecule has 0 unspecified atom stereocenters. The number of furan rings is 1. The predicted octanol–water partition coefficient (Wildman–Crippen LogP) is 1.92. The average molecular weight is 265 g/mol. The molecule has 19 heavy (non-hydrogen) atoms. The minimum absolute atomic E-state index is 0.391. The molecule has 1 N–H and O–H groups in total. The van der Waals surface area contributed by atoms with Crippen molar-refractivity contribution in [1.82, 2.24) is 15.1 Å². The number of rotatable bonds is 7. The highest BCUT2D eigenvalue weighted by Gasteiger charge is 2.39. The van der Waals surface area contributed by atoms with Gasteiger partial charge in [-0.3, -0.25) is 0 Å². The van der Waals surface area contributed by atoms with Crippen LogP contribution in [-0.2, 0) is 13.1 Å². The molecule has 1 aromatic rings. The molecule has 0 radical (unpaired) electrons. The van der Waals surface area contributed by atoms with Crippen LogP contribution >= 0.6 is 0 Å². The van der Waals surface area contributed by atoms with Gasteiger partial charge in [0.05, 0.1) is 12.8 Å². The van der Waals surface area contributed by atoms with E-state index in [0.29, 0.717) is 5.54 Å². The summed E-state index contributed by atoms with van der Waals surface area (Å²) in [5.41, 5.74) is 1.69. The number of hydrogen-bond acceptors (Lipinski definition) is 4. The van der Waals surface area contributed by atoms with Crippen molar-refractivity contribution in [3.8, 4) is 0 Å². The SMILES string of the molecule is CNCc1occc1CN(C)CC1(N(C)C)CCC1. The Bertz CT molecular complexity index is 396. The largest absolute Gasteiger partial charge is 0.468 e. The van der Waals surface area contributed by atoms with Gasteiger partial charge in [0.25, 0.3) is 0 Å². The zero-order valence-corrected chi connectivity index (χ0v) is 12.7. The van der Waals surface area contributed by atoms with Gasteiger partial charge in [-0.15, -0.1) is 0 Å². The first-order chi connectivity index (χ1) is 9.07. The van der Waals surface area contributed by atoms with Gasteiger partial charge in [-0.05, 0) is 53.5 Å². The summed E-state index contributed by atoms with van der Waals surface area (Å²) in [6.45, 7) is 2.89. The van der Waals surface area contributed by atoms with Gasteiger partial charge in [-0.2, -0.15) is 0 Å². The second kappa shape index (κ2) is 6.07. The average Bonchev–Trinajstić information content (AvgIpc) is 2.71. The van der Waals surface area contributed by atoms with E-state index in [1.54, 1.807) is 6.26 Å². The van der Waals surface area contributed by atoms with Crippen molar-refractivity contribution < 1.29 is 4.42 Å². The molecule has 0 bridgehead atoms. The van der Waals surface area contributed by atoms with Gasteiger partial charge in [-0.25, -0.2) is 0 Å². The molecule has 0 saturated heterocycles. The lowest BCUT2D eigenvalue weighted by atomic mass is 9.75. The first-order valence-corrected chi connectivity index (χ1v) is 7.13. The summed E-state index contributed by atoms with van der Waals surface area (Å²) < 4.78 is 5.52. The normalized spacial score (nSPS) is 18.0. The lowest BCUT2D eigenvalue weighted by Crippen LogP contribution is -2.56. The van der Waals surface area contributed by atoms with E-state index in [9.17, 15) is 0 Å². The highest BCUT2D eigenvalue weighted by molar-refractivity contribution is 5.17. The number of likely N-dealkylation sites (N-methyl/N-ethyl adjacent to an activating group) is 2. The van der Waals surface area contributed by atoms with E-state index >= 15 is 0 Å². The Kier molecular flexibility index (Phi) is 4.66. The van der Waals surface area contributed by atoms with E-state index in [1.807, 2.05) is 7.05 Å². The van der Waals surface area contributed by atoms with Gasteiger partial charge in [0.15, 0.2) is 0 Å². The Morgan fingerprint density at radius 3 is 2.58 bits per heavy atom. The summed E-state index contributed by atoms with van der Waals surface area (Å²) in [7, 11) is 8.57. The van der Waals surface area contributed by atoms with Gasteiger partial charge < -0.3 is 19.5 Å². The van der Waals surface area contributed by atoms with Crippen LogP contribution in [0.3, 0.4) is 0 Å². The second-order valence-electron chi connectivity index (χ2n) is 6.04. The fourth-order valence-electron chi connectivity index (χ4n) is 3.00. The smallest absolute Gasteiger partial charge is 0.122 e. The molecular formula is C15H27N3O. The quantitative estimate of drug-likeness (QED) is 0.816. The molecule has 0 aliphatic heterocycles. The van der Waals surface area contributed by atoms with E-state index in [4.69, 9.17) is 4.42 Å². The van der Waals surface area contributed by atoms with Crippen molar-refractivity contribution in [3.63, 3.8) is 0 Å². The van der Waals surface area contributed by atoms with Crippen LogP contribution in [0.25, 0.3) is 0 Å². The van der Waals surface area contributed by atoms with Crippen LogP contribution in [0.15, 0.2) is 16.7 Å². The van der Waals surface area contributed by atoms with Crippen molar-refractivity contribution in [2.24, 2.45) is 0 Å². The summed E-state index contributed by atoms with van der Waals surface area (Å²) in [6.07, 6.45) is 5.79. The summed E-state index contributed by atoms with van der Waals surface area (Å²) in [6, 6.07) is 2.09. The van der Waals surface area contributed by atoms with Crippen molar-refractivity contribution in [2.45, 2.75) is 37.9 Å². The van der Waals surface area contributed by atoms with Gasteiger partial charge in [0.1, 0.15) is 5.76 Å². The highest BCUT2D eigenvalue weighted by atomic mass is 16.3.